The standard InChI is InChI=1S/C22H18N4O2/c1-15-18(21(27)24-14-16-7-5-6-11-23-16)13-19-20(25-15)10-12-26(22(19)28)17-8-3-2-4-9-17/h2-13H,14H2,1H3,(H,24,27). The van der Waals surface area contributed by atoms with Crippen LogP contribution in [0.25, 0.3) is 16.6 Å². The number of rotatable bonds is 4. The summed E-state index contributed by atoms with van der Waals surface area (Å²) in [5, 5.41) is 3.24. The summed E-state index contributed by atoms with van der Waals surface area (Å²) in [6, 6.07) is 18.3. The van der Waals surface area contributed by atoms with Gasteiger partial charge in [-0.25, -0.2) is 0 Å². The van der Waals surface area contributed by atoms with E-state index in [1.807, 2.05) is 48.5 Å². The average Bonchev–Trinajstić information content (AvgIpc) is 2.73. The number of amides is 1. The van der Waals surface area contributed by atoms with Crippen molar-refractivity contribution < 1.29 is 4.79 Å². The lowest BCUT2D eigenvalue weighted by Crippen LogP contribution is -2.25. The quantitative estimate of drug-likeness (QED) is 0.599. The Hall–Kier alpha value is -3.80. The molecule has 3 aromatic heterocycles. The molecule has 0 unspecified atom stereocenters. The van der Waals surface area contributed by atoms with Crippen LogP contribution in [0.1, 0.15) is 21.7 Å². The smallest absolute Gasteiger partial charge is 0.264 e. The molecule has 1 amide bonds. The molecule has 0 saturated heterocycles. The van der Waals surface area contributed by atoms with Gasteiger partial charge in [0.2, 0.25) is 0 Å². The van der Waals surface area contributed by atoms with E-state index >= 15 is 0 Å². The van der Waals surface area contributed by atoms with E-state index in [2.05, 4.69) is 15.3 Å². The van der Waals surface area contributed by atoms with Crippen molar-refractivity contribution in [2.45, 2.75) is 13.5 Å². The van der Waals surface area contributed by atoms with Gasteiger partial charge in [0.1, 0.15) is 0 Å². The lowest BCUT2D eigenvalue weighted by Gasteiger charge is -2.10. The molecule has 1 aromatic carbocycles. The minimum atomic E-state index is -0.285. The first kappa shape index (κ1) is 17.6. The third kappa shape index (κ3) is 3.40. The highest BCUT2D eigenvalue weighted by Crippen LogP contribution is 2.15. The zero-order chi connectivity index (χ0) is 19.5. The number of benzene rings is 1. The molecule has 138 valence electrons. The lowest BCUT2D eigenvalue weighted by atomic mass is 10.1. The van der Waals surface area contributed by atoms with Gasteiger partial charge in [-0.1, -0.05) is 24.3 Å². The van der Waals surface area contributed by atoms with Crippen molar-refractivity contribution in [3.63, 3.8) is 0 Å². The van der Waals surface area contributed by atoms with Crippen molar-refractivity contribution in [1.82, 2.24) is 19.9 Å². The highest BCUT2D eigenvalue weighted by molar-refractivity contribution is 5.98. The fourth-order valence-corrected chi connectivity index (χ4v) is 3.06. The first-order chi connectivity index (χ1) is 13.6. The number of aromatic nitrogens is 3. The number of nitrogens with zero attached hydrogens (tertiary/aromatic N) is 3. The molecule has 0 aliphatic carbocycles. The monoisotopic (exact) mass is 370 g/mol. The van der Waals surface area contributed by atoms with E-state index in [1.165, 1.54) is 0 Å². The van der Waals surface area contributed by atoms with Crippen LogP contribution in [0.15, 0.2) is 77.9 Å². The molecule has 6 nitrogen and oxygen atoms in total. The molecular weight excluding hydrogens is 352 g/mol. The lowest BCUT2D eigenvalue weighted by molar-refractivity contribution is 0.0949. The maximum absolute atomic E-state index is 13.0. The zero-order valence-electron chi connectivity index (χ0n) is 15.3. The highest BCUT2D eigenvalue weighted by Gasteiger charge is 2.14. The third-order valence-electron chi connectivity index (χ3n) is 4.51. The molecule has 0 spiro atoms. The van der Waals surface area contributed by atoms with Gasteiger partial charge in [-0.05, 0) is 43.3 Å². The van der Waals surface area contributed by atoms with E-state index < -0.39 is 0 Å². The molecule has 0 aliphatic heterocycles. The van der Waals surface area contributed by atoms with Gasteiger partial charge in [-0.15, -0.1) is 0 Å². The van der Waals surface area contributed by atoms with Crippen LogP contribution in [-0.4, -0.2) is 20.4 Å². The van der Waals surface area contributed by atoms with Crippen LogP contribution in [0, 0.1) is 6.92 Å². The van der Waals surface area contributed by atoms with Gasteiger partial charge in [0.25, 0.3) is 11.5 Å². The van der Waals surface area contributed by atoms with E-state index in [0.29, 0.717) is 28.7 Å². The Labute approximate surface area is 161 Å². The maximum Gasteiger partial charge on any atom is 0.264 e. The van der Waals surface area contributed by atoms with E-state index in [0.717, 1.165) is 11.4 Å². The van der Waals surface area contributed by atoms with Crippen molar-refractivity contribution in [3.8, 4) is 5.69 Å². The van der Waals surface area contributed by atoms with Gasteiger partial charge in [0.05, 0.1) is 34.4 Å². The summed E-state index contributed by atoms with van der Waals surface area (Å²) in [4.78, 5) is 34.3. The Balaban J connectivity index is 1.71. The summed E-state index contributed by atoms with van der Waals surface area (Å²) in [6.07, 6.45) is 3.38. The van der Waals surface area contributed by atoms with Gasteiger partial charge in [-0.3, -0.25) is 24.1 Å². The Bertz CT molecular complexity index is 1200. The number of nitrogens with one attached hydrogen (secondary N) is 1. The van der Waals surface area contributed by atoms with E-state index in [9.17, 15) is 9.59 Å². The molecule has 0 bridgehead atoms. The molecule has 6 heteroatoms. The number of para-hydroxylation sites is 1. The van der Waals surface area contributed by atoms with Crippen LogP contribution >= 0.6 is 0 Å². The predicted molar refractivity (Wildman–Crippen MR) is 107 cm³/mol. The summed E-state index contributed by atoms with van der Waals surface area (Å²) in [5.74, 6) is -0.285. The number of carbonyl (C=O) groups excluding carboxylic acids is 1. The predicted octanol–water partition coefficient (Wildman–Crippen LogP) is 3.02. The van der Waals surface area contributed by atoms with Crippen LogP contribution in [0.5, 0.6) is 0 Å². The molecule has 0 radical (unpaired) electrons. The van der Waals surface area contributed by atoms with Gasteiger partial charge in [-0.2, -0.15) is 0 Å². The molecule has 0 aliphatic rings. The average molecular weight is 370 g/mol. The first-order valence-corrected chi connectivity index (χ1v) is 8.90. The second kappa shape index (κ2) is 7.44. The largest absolute Gasteiger partial charge is 0.346 e. The van der Waals surface area contributed by atoms with E-state index in [4.69, 9.17) is 0 Å². The van der Waals surface area contributed by atoms with Crippen LogP contribution in [-0.2, 0) is 6.54 Å². The number of carbonyl (C=O) groups is 1. The van der Waals surface area contributed by atoms with Crippen molar-refractivity contribution >= 4 is 16.8 Å². The van der Waals surface area contributed by atoms with Crippen LogP contribution < -0.4 is 10.9 Å². The zero-order valence-corrected chi connectivity index (χ0v) is 15.3. The molecule has 3 heterocycles. The third-order valence-corrected chi connectivity index (χ3v) is 4.51. The number of fused-ring (bicyclic) bond motifs is 1. The molecule has 4 aromatic rings. The van der Waals surface area contributed by atoms with Gasteiger partial charge >= 0.3 is 0 Å². The Morgan fingerprint density at radius 3 is 2.61 bits per heavy atom. The minimum absolute atomic E-state index is 0.213. The SMILES string of the molecule is Cc1nc2ccn(-c3ccccc3)c(=O)c2cc1C(=O)NCc1ccccn1. The number of pyridine rings is 3. The second-order valence-electron chi connectivity index (χ2n) is 6.38. The molecule has 0 atom stereocenters. The Morgan fingerprint density at radius 2 is 1.86 bits per heavy atom. The molecular formula is C22H18N4O2. The minimum Gasteiger partial charge on any atom is -0.346 e. The number of aryl methyl sites for hydroxylation is 1. The first-order valence-electron chi connectivity index (χ1n) is 8.90. The van der Waals surface area contributed by atoms with Crippen LogP contribution in [0.2, 0.25) is 0 Å². The van der Waals surface area contributed by atoms with Crippen LogP contribution in [0.4, 0.5) is 0 Å². The fourth-order valence-electron chi connectivity index (χ4n) is 3.06. The topological polar surface area (TPSA) is 76.9 Å². The normalized spacial score (nSPS) is 10.8. The summed E-state index contributed by atoms with van der Waals surface area (Å²) < 4.78 is 1.55. The van der Waals surface area contributed by atoms with Gasteiger partial charge in [0, 0.05) is 18.1 Å². The van der Waals surface area contributed by atoms with Crippen molar-refractivity contribution in [2.24, 2.45) is 0 Å². The maximum atomic E-state index is 13.0. The summed E-state index contributed by atoms with van der Waals surface area (Å²) in [5.41, 5.74) is 2.82. The molecule has 4 rings (SSSR count). The second-order valence-corrected chi connectivity index (χ2v) is 6.38. The van der Waals surface area contributed by atoms with Gasteiger partial charge in [0.15, 0.2) is 0 Å². The Morgan fingerprint density at radius 1 is 1.07 bits per heavy atom. The molecule has 0 fully saturated rings. The van der Waals surface area contributed by atoms with Crippen molar-refractivity contribution in [1.29, 1.82) is 0 Å². The van der Waals surface area contributed by atoms with Gasteiger partial charge < -0.3 is 5.32 Å². The Kier molecular flexibility index (Phi) is 4.68. The van der Waals surface area contributed by atoms with Crippen molar-refractivity contribution in [2.75, 3.05) is 0 Å². The molecule has 1 N–H and O–H groups in total. The summed E-state index contributed by atoms with van der Waals surface area (Å²) >= 11 is 0. The fraction of sp³-hybridized carbons (Fsp3) is 0.0909. The molecule has 28 heavy (non-hydrogen) atoms. The highest BCUT2D eigenvalue weighted by atomic mass is 16.1. The van der Waals surface area contributed by atoms with E-state index in [-0.39, 0.29) is 11.5 Å². The number of hydrogen-bond donors (Lipinski definition) is 1. The summed E-state index contributed by atoms with van der Waals surface area (Å²) in [7, 11) is 0. The van der Waals surface area contributed by atoms with Crippen molar-refractivity contribution in [3.05, 3.63) is 100 Å². The summed E-state index contributed by atoms with van der Waals surface area (Å²) in [6.45, 7) is 2.07. The van der Waals surface area contributed by atoms with E-state index in [1.54, 1.807) is 36.0 Å². The molecule has 0 saturated carbocycles. The number of hydrogen-bond acceptors (Lipinski definition) is 4. The van der Waals surface area contributed by atoms with Crippen LogP contribution in [0.3, 0.4) is 0 Å².